The number of nitrogens with two attached hydrogens (primary N) is 1. The molecule has 20 heavy (non-hydrogen) atoms. The van der Waals surface area contributed by atoms with Crippen LogP contribution in [0.3, 0.4) is 0 Å². The van der Waals surface area contributed by atoms with Crippen LogP contribution in [-0.4, -0.2) is 18.0 Å². The van der Waals surface area contributed by atoms with E-state index in [4.69, 9.17) is 5.73 Å². The van der Waals surface area contributed by atoms with Gasteiger partial charge in [-0.3, -0.25) is 4.79 Å². The van der Waals surface area contributed by atoms with Crippen molar-refractivity contribution in [3.8, 4) is 0 Å². The van der Waals surface area contributed by atoms with Crippen molar-refractivity contribution >= 4 is 5.91 Å². The number of nitrogens with one attached hydrogen (secondary N) is 1. The molecule has 116 valence electrons. The van der Waals surface area contributed by atoms with Gasteiger partial charge in [0, 0.05) is 18.0 Å². The monoisotopic (exact) mass is 280 g/mol. The van der Waals surface area contributed by atoms with E-state index >= 15 is 0 Å². The van der Waals surface area contributed by atoms with Crippen LogP contribution in [-0.2, 0) is 4.79 Å². The summed E-state index contributed by atoms with van der Waals surface area (Å²) >= 11 is 0. The second-order valence-electron chi connectivity index (χ2n) is 7.75. The topological polar surface area (TPSA) is 55.1 Å². The molecule has 2 fully saturated rings. The van der Waals surface area contributed by atoms with E-state index in [1.807, 2.05) is 0 Å². The number of carbonyl (C=O) groups is 1. The van der Waals surface area contributed by atoms with Gasteiger partial charge in [-0.25, -0.2) is 0 Å². The van der Waals surface area contributed by atoms with Crippen LogP contribution in [0.25, 0.3) is 0 Å². The van der Waals surface area contributed by atoms with Crippen molar-refractivity contribution in [3.63, 3.8) is 0 Å². The minimum atomic E-state index is -0.00283. The molecule has 4 atom stereocenters. The van der Waals surface area contributed by atoms with Gasteiger partial charge in [0.1, 0.15) is 0 Å². The minimum Gasteiger partial charge on any atom is -0.353 e. The highest BCUT2D eigenvalue weighted by Crippen LogP contribution is 2.44. The molecule has 2 aliphatic carbocycles. The summed E-state index contributed by atoms with van der Waals surface area (Å²) < 4.78 is 0. The Bertz CT molecular complexity index is 347. The number of hydrogen-bond donors (Lipinski definition) is 2. The van der Waals surface area contributed by atoms with Crippen LogP contribution >= 0.6 is 0 Å². The SMILES string of the molecule is CC(NC(=O)C1CCC(N)C(C)C1(C)C)C1CCCC1. The lowest BCUT2D eigenvalue weighted by Gasteiger charge is -2.46. The van der Waals surface area contributed by atoms with Gasteiger partial charge in [-0.1, -0.05) is 33.6 Å². The zero-order valence-corrected chi connectivity index (χ0v) is 13.6. The summed E-state index contributed by atoms with van der Waals surface area (Å²) in [5.74, 6) is 1.45. The maximum absolute atomic E-state index is 12.7. The lowest BCUT2D eigenvalue weighted by molar-refractivity contribution is -0.133. The maximum atomic E-state index is 12.7. The third kappa shape index (κ3) is 3.03. The third-order valence-corrected chi connectivity index (χ3v) is 6.30. The Morgan fingerprint density at radius 1 is 1.20 bits per heavy atom. The largest absolute Gasteiger partial charge is 0.353 e. The highest BCUT2D eigenvalue weighted by Gasteiger charge is 2.45. The summed E-state index contributed by atoms with van der Waals surface area (Å²) in [7, 11) is 0. The molecule has 0 heterocycles. The number of hydrogen-bond acceptors (Lipinski definition) is 2. The summed E-state index contributed by atoms with van der Waals surface area (Å²) in [5, 5.41) is 3.30. The van der Waals surface area contributed by atoms with Gasteiger partial charge >= 0.3 is 0 Å². The molecular formula is C17H32N2O. The van der Waals surface area contributed by atoms with Crippen molar-refractivity contribution in [2.75, 3.05) is 0 Å². The first-order valence-electron chi connectivity index (χ1n) is 8.40. The van der Waals surface area contributed by atoms with Crippen molar-refractivity contribution in [2.45, 2.75) is 78.3 Å². The first kappa shape index (κ1) is 15.8. The van der Waals surface area contributed by atoms with Gasteiger partial charge in [-0.2, -0.15) is 0 Å². The van der Waals surface area contributed by atoms with E-state index in [1.165, 1.54) is 25.7 Å². The molecule has 2 aliphatic rings. The number of carbonyl (C=O) groups excluding carboxylic acids is 1. The molecule has 3 nitrogen and oxygen atoms in total. The fraction of sp³-hybridized carbons (Fsp3) is 0.941. The molecule has 0 aromatic heterocycles. The summed E-state index contributed by atoms with van der Waals surface area (Å²) in [6, 6.07) is 0.563. The molecule has 3 N–H and O–H groups in total. The van der Waals surface area contributed by atoms with Crippen LogP contribution in [0, 0.1) is 23.2 Å². The van der Waals surface area contributed by atoms with Crippen molar-refractivity contribution in [3.05, 3.63) is 0 Å². The van der Waals surface area contributed by atoms with E-state index in [-0.39, 0.29) is 23.3 Å². The molecule has 0 bridgehead atoms. The Balaban J connectivity index is 1.97. The zero-order chi connectivity index (χ0) is 14.9. The Kier molecular flexibility index (Phi) is 4.78. The second-order valence-corrected chi connectivity index (χ2v) is 7.75. The van der Waals surface area contributed by atoms with Crippen LogP contribution in [0.15, 0.2) is 0 Å². The van der Waals surface area contributed by atoms with Gasteiger partial charge < -0.3 is 11.1 Å². The molecule has 0 aliphatic heterocycles. The first-order valence-corrected chi connectivity index (χ1v) is 8.40. The van der Waals surface area contributed by atoms with Gasteiger partial charge in [0.05, 0.1) is 0 Å². The second kappa shape index (κ2) is 6.05. The Labute approximate surface area is 124 Å². The van der Waals surface area contributed by atoms with Gasteiger partial charge in [0.25, 0.3) is 0 Å². The van der Waals surface area contributed by atoms with Crippen molar-refractivity contribution in [2.24, 2.45) is 28.9 Å². The molecular weight excluding hydrogens is 248 g/mol. The average molecular weight is 280 g/mol. The summed E-state index contributed by atoms with van der Waals surface area (Å²) in [6.45, 7) is 8.80. The molecule has 2 rings (SSSR count). The average Bonchev–Trinajstić information content (AvgIpc) is 2.89. The summed E-state index contributed by atoms with van der Waals surface area (Å²) in [5.41, 5.74) is 6.18. The fourth-order valence-corrected chi connectivity index (χ4v) is 4.22. The molecule has 0 spiro atoms. The Morgan fingerprint density at radius 2 is 1.80 bits per heavy atom. The van der Waals surface area contributed by atoms with Gasteiger partial charge in [-0.15, -0.1) is 0 Å². The maximum Gasteiger partial charge on any atom is 0.223 e. The van der Waals surface area contributed by atoms with Crippen LogP contribution in [0.1, 0.15) is 66.2 Å². The fourth-order valence-electron chi connectivity index (χ4n) is 4.22. The molecule has 4 unspecified atom stereocenters. The van der Waals surface area contributed by atoms with E-state index in [1.54, 1.807) is 0 Å². The Morgan fingerprint density at radius 3 is 2.40 bits per heavy atom. The molecule has 0 saturated heterocycles. The normalized spacial score (nSPS) is 35.8. The van der Waals surface area contributed by atoms with Crippen LogP contribution in [0.5, 0.6) is 0 Å². The molecule has 3 heteroatoms. The highest BCUT2D eigenvalue weighted by molar-refractivity contribution is 5.80. The molecule has 0 aromatic carbocycles. The standard InChI is InChI=1S/C17H32N2O/c1-11-15(18)10-9-14(17(11,3)4)16(20)19-12(2)13-7-5-6-8-13/h11-15H,5-10,18H2,1-4H3,(H,19,20). The lowest BCUT2D eigenvalue weighted by atomic mass is 9.61. The van der Waals surface area contributed by atoms with Crippen molar-refractivity contribution in [1.82, 2.24) is 5.32 Å². The first-order chi connectivity index (χ1) is 9.34. The van der Waals surface area contributed by atoms with E-state index in [0.29, 0.717) is 17.9 Å². The number of amides is 1. The van der Waals surface area contributed by atoms with Crippen LogP contribution in [0.2, 0.25) is 0 Å². The zero-order valence-electron chi connectivity index (χ0n) is 13.6. The molecule has 0 aromatic rings. The molecule has 2 saturated carbocycles. The number of rotatable bonds is 3. The van der Waals surface area contributed by atoms with Crippen LogP contribution < -0.4 is 11.1 Å². The van der Waals surface area contributed by atoms with Crippen molar-refractivity contribution < 1.29 is 4.79 Å². The highest BCUT2D eigenvalue weighted by atomic mass is 16.2. The van der Waals surface area contributed by atoms with Crippen LogP contribution in [0.4, 0.5) is 0 Å². The predicted molar refractivity (Wildman–Crippen MR) is 83.2 cm³/mol. The minimum absolute atomic E-state index is 0.00283. The van der Waals surface area contributed by atoms with E-state index < -0.39 is 0 Å². The van der Waals surface area contributed by atoms with Gasteiger partial charge in [0.15, 0.2) is 0 Å². The smallest absolute Gasteiger partial charge is 0.223 e. The Hall–Kier alpha value is -0.570. The molecule has 1 amide bonds. The van der Waals surface area contributed by atoms with E-state index in [2.05, 4.69) is 33.0 Å². The third-order valence-electron chi connectivity index (χ3n) is 6.30. The summed E-state index contributed by atoms with van der Waals surface area (Å²) in [6.07, 6.45) is 7.10. The van der Waals surface area contributed by atoms with E-state index in [9.17, 15) is 4.79 Å². The van der Waals surface area contributed by atoms with Crippen molar-refractivity contribution in [1.29, 1.82) is 0 Å². The van der Waals surface area contributed by atoms with Gasteiger partial charge in [-0.05, 0) is 49.9 Å². The van der Waals surface area contributed by atoms with E-state index in [0.717, 1.165) is 12.8 Å². The van der Waals surface area contributed by atoms with Gasteiger partial charge in [0.2, 0.25) is 5.91 Å². The lowest BCUT2D eigenvalue weighted by Crippen LogP contribution is -2.53. The predicted octanol–water partition coefficient (Wildman–Crippen LogP) is 3.08. The summed E-state index contributed by atoms with van der Waals surface area (Å²) in [4.78, 5) is 12.7. The molecule has 0 radical (unpaired) electrons. The quantitative estimate of drug-likeness (QED) is 0.834.